The van der Waals surface area contributed by atoms with Crippen molar-refractivity contribution in [3.05, 3.63) is 12.2 Å². The van der Waals surface area contributed by atoms with Gasteiger partial charge in [-0.25, -0.2) is 0 Å². The van der Waals surface area contributed by atoms with Crippen LogP contribution >= 0.6 is 0 Å². The second-order valence-corrected chi connectivity index (χ2v) is 7.43. The molecule has 0 aliphatic carbocycles. The van der Waals surface area contributed by atoms with Gasteiger partial charge in [-0.3, -0.25) is 4.79 Å². The Morgan fingerprint density at radius 2 is 1.37 bits per heavy atom. The number of carbonyl (C=O) groups excluding carboxylic acids is 1. The van der Waals surface area contributed by atoms with Crippen molar-refractivity contribution in [1.29, 1.82) is 0 Å². The molecule has 0 aromatic rings. The van der Waals surface area contributed by atoms with Crippen molar-refractivity contribution in [2.75, 3.05) is 19.8 Å². The third-order valence-corrected chi connectivity index (χ3v) is 4.64. The van der Waals surface area contributed by atoms with Crippen LogP contribution in [-0.4, -0.2) is 37.0 Å². The second-order valence-electron chi connectivity index (χ2n) is 7.43. The number of unbranched alkanes of at least 4 members (excludes halogenated alkanes) is 12. The third-order valence-electron chi connectivity index (χ3n) is 4.64. The van der Waals surface area contributed by atoms with Crippen LogP contribution in [0, 0.1) is 0 Å². The Morgan fingerprint density at radius 3 is 1.89 bits per heavy atom. The molecule has 0 aliphatic heterocycles. The first-order chi connectivity index (χ1) is 13.2. The molecule has 0 aliphatic rings. The molecule has 0 heterocycles. The number of ether oxygens (including phenoxy) is 2. The van der Waals surface area contributed by atoms with Gasteiger partial charge in [-0.1, -0.05) is 76.9 Å². The minimum absolute atomic E-state index is 0.188. The van der Waals surface area contributed by atoms with Gasteiger partial charge in [0.2, 0.25) is 0 Å². The summed E-state index contributed by atoms with van der Waals surface area (Å²) < 4.78 is 10.4. The molecule has 0 aromatic carbocycles. The summed E-state index contributed by atoms with van der Waals surface area (Å²) in [5.41, 5.74) is 0. The fourth-order valence-corrected chi connectivity index (χ4v) is 3.03. The van der Waals surface area contributed by atoms with Crippen molar-refractivity contribution in [2.24, 2.45) is 0 Å². The van der Waals surface area contributed by atoms with Crippen molar-refractivity contribution >= 4 is 5.97 Å². The highest BCUT2D eigenvalue weighted by Gasteiger charge is 2.10. The van der Waals surface area contributed by atoms with E-state index in [9.17, 15) is 4.79 Å². The number of rotatable bonds is 20. The summed E-state index contributed by atoms with van der Waals surface area (Å²) in [6.45, 7) is 4.36. The molecule has 4 heteroatoms. The highest BCUT2D eigenvalue weighted by Crippen LogP contribution is 2.10. The Kier molecular flexibility index (Phi) is 20.7. The van der Waals surface area contributed by atoms with Gasteiger partial charge in [-0.2, -0.15) is 0 Å². The van der Waals surface area contributed by atoms with E-state index in [0.29, 0.717) is 6.61 Å². The Labute approximate surface area is 167 Å². The molecular weight excluding hydrogens is 340 g/mol. The number of hydrogen-bond acceptors (Lipinski definition) is 4. The molecule has 0 saturated heterocycles. The summed E-state index contributed by atoms with van der Waals surface area (Å²) in [5, 5.41) is 9.06. The monoisotopic (exact) mass is 384 g/mol. The number of aliphatic hydroxyl groups excluding tert-OH is 1. The van der Waals surface area contributed by atoms with Crippen LogP contribution in [0.25, 0.3) is 0 Å². The SMILES string of the molecule is CCCCCCCCC=CCCCCCCCCOCC(CO)OC(C)=O. The molecule has 0 fully saturated rings. The minimum atomic E-state index is -0.531. The number of hydrogen-bond donors (Lipinski definition) is 1. The number of carbonyl (C=O) groups is 1. The molecule has 27 heavy (non-hydrogen) atoms. The van der Waals surface area contributed by atoms with Crippen LogP contribution in [-0.2, 0) is 14.3 Å². The van der Waals surface area contributed by atoms with Crippen LogP contribution in [0.2, 0.25) is 0 Å². The van der Waals surface area contributed by atoms with Gasteiger partial charge in [-0.15, -0.1) is 0 Å². The summed E-state index contributed by atoms with van der Waals surface area (Å²) >= 11 is 0. The van der Waals surface area contributed by atoms with Gasteiger partial charge in [-0.05, 0) is 32.1 Å². The molecule has 1 N–H and O–H groups in total. The zero-order valence-corrected chi connectivity index (χ0v) is 17.9. The zero-order valence-electron chi connectivity index (χ0n) is 17.9. The van der Waals surface area contributed by atoms with E-state index >= 15 is 0 Å². The van der Waals surface area contributed by atoms with E-state index in [1.807, 2.05) is 0 Å². The van der Waals surface area contributed by atoms with Crippen molar-refractivity contribution < 1.29 is 19.4 Å². The largest absolute Gasteiger partial charge is 0.458 e. The number of esters is 1. The van der Waals surface area contributed by atoms with E-state index in [4.69, 9.17) is 14.6 Å². The Balaban J connectivity index is 3.22. The number of allylic oxidation sites excluding steroid dienone is 2. The minimum Gasteiger partial charge on any atom is -0.458 e. The second kappa shape index (κ2) is 21.4. The van der Waals surface area contributed by atoms with E-state index in [1.165, 1.54) is 90.4 Å². The third kappa shape index (κ3) is 21.3. The van der Waals surface area contributed by atoms with Gasteiger partial charge in [0, 0.05) is 13.5 Å². The molecular formula is C23H44O4. The quantitative estimate of drug-likeness (QED) is 0.160. The van der Waals surface area contributed by atoms with Crippen LogP contribution in [0.15, 0.2) is 12.2 Å². The molecule has 0 saturated carbocycles. The van der Waals surface area contributed by atoms with Crippen molar-refractivity contribution in [3.63, 3.8) is 0 Å². The van der Waals surface area contributed by atoms with Crippen molar-refractivity contribution in [3.8, 4) is 0 Å². The van der Waals surface area contributed by atoms with Gasteiger partial charge in [0.25, 0.3) is 0 Å². The van der Waals surface area contributed by atoms with Crippen LogP contribution < -0.4 is 0 Å². The van der Waals surface area contributed by atoms with E-state index in [-0.39, 0.29) is 19.2 Å². The lowest BCUT2D eigenvalue weighted by atomic mass is 10.1. The molecule has 4 nitrogen and oxygen atoms in total. The topological polar surface area (TPSA) is 55.8 Å². The Bertz CT molecular complexity index is 341. The van der Waals surface area contributed by atoms with Crippen LogP contribution in [0.5, 0.6) is 0 Å². The standard InChI is InChI=1S/C23H44O4/c1-3-4-5-6-7-8-9-10-11-12-13-14-15-16-17-18-19-26-21-23(20-24)27-22(2)25/h10-11,23-24H,3-9,12-21H2,1-2H3. The average Bonchev–Trinajstić information content (AvgIpc) is 2.65. The maximum Gasteiger partial charge on any atom is 0.303 e. The molecule has 0 rings (SSSR count). The lowest BCUT2D eigenvalue weighted by molar-refractivity contribution is -0.152. The Hall–Kier alpha value is -0.870. The highest BCUT2D eigenvalue weighted by atomic mass is 16.6. The molecule has 0 spiro atoms. The van der Waals surface area contributed by atoms with Gasteiger partial charge in [0.1, 0.15) is 6.10 Å². The predicted molar refractivity (Wildman–Crippen MR) is 113 cm³/mol. The fraction of sp³-hybridized carbons (Fsp3) is 0.870. The molecule has 0 aromatic heterocycles. The van der Waals surface area contributed by atoms with Crippen LogP contribution in [0.1, 0.15) is 104 Å². The molecule has 160 valence electrons. The summed E-state index contributed by atoms with van der Waals surface area (Å²) in [7, 11) is 0. The predicted octanol–water partition coefficient (Wildman–Crippen LogP) is 5.96. The van der Waals surface area contributed by atoms with Gasteiger partial charge >= 0.3 is 5.97 Å². The number of aliphatic hydroxyl groups is 1. The molecule has 1 unspecified atom stereocenters. The van der Waals surface area contributed by atoms with Crippen molar-refractivity contribution in [1.82, 2.24) is 0 Å². The molecule has 0 radical (unpaired) electrons. The van der Waals surface area contributed by atoms with Gasteiger partial charge in [0.05, 0.1) is 13.2 Å². The van der Waals surface area contributed by atoms with E-state index in [2.05, 4.69) is 19.1 Å². The first kappa shape index (κ1) is 26.1. The van der Waals surface area contributed by atoms with Gasteiger partial charge < -0.3 is 14.6 Å². The summed E-state index contributed by atoms with van der Waals surface area (Å²) in [5.74, 6) is -0.380. The van der Waals surface area contributed by atoms with E-state index in [1.54, 1.807) is 0 Å². The summed E-state index contributed by atoms with van der Waals surface area (Å²) in [6, 6.07) is 0. The molecule has 0 amide bonds. The Morgan fingerprint density at radius 1 is 0.852 bits per heavy atom. The van der Waals surface area contributed by atoms with Crippen molar-refractivity contribution in [2.45, 2.75) is 110 Å². The maximum absolute atomic E-state index is 10.8. The van der Waals surface area contributed by atoms with E-state index < -0.39 is 6.10 Å². The zero-order chi connectivity index (χ0) is 20.0. The van der Waals surface area contributed by atoms with Crippen LogP contribution in [0.4, 0.5) is 0 Å². The van der Waals surface area contributed by atoms with Crippen LogP contribution in [0.3, 0.4) is 0 Å². The molecule has 0 bridgehead atoms. The summed E-state index contributed by atoms with van der Waals surface area (Å²) in [4.78, 5) is 10.8. The fourth-order valence-electron chi connectivity index (χ4n) is 3.03. The smallest absolute Gasteiger partial charge is 0.303 e. The van der Waals surface area contributed by atoms with Gasteiger partial charge in [0.15, 0.2) is 0 Å². The molecule has 1 atom stereocenters. The highest BCUT2D eigenvalue weighted by molar-refractivity contribution is 5.66. The lowest BCUT2D eigenvalue weighted by Crippen LogP contribution is -2.26. The normalized spacial score (nSPS) is 12.6. The lowest BCUT2D eigenvalue weighted by Gasteiger charge is -2.14. The summed E-state index contributed by atoms with van der Waals surface area (Å²) in [6.07, 6.45) is 22.3. The van der Waals surface area contributed by atoms with E-state index in [0.717, 1.165) is 6.42 Å². The average molecular weight is 385 g/mol. The first-order valence-electron chi connectivity index (χ1n) is 11.2. The first-order valence-corrected chi connectivity index (χ1v) is 11.2. The maximum atomic E-state index is 10.8.